The predicted octanol–water partition coefficient (Wildman–Crippen LogP) is 4.27. The SMILES string of the molecule is CC(C)NC(=O)[C@@]1(Cc2ccc(-c3ccsc3)cc2)CCN(C(=O)[C@H]2CCCCO2)C1. The van der Waals surface area contributed by atoms with E-state index in [0.29, 0.717) is 32.5 Å². The highest BCUT2D eigenvalue weighted by atomic mass is 32.1. The van der Waals surface area contributed by atoms with E-state index in [9.17, 15) is 9.59 Å². The minimum absolute atomic E-state index is 0.0456. The number of ether oxygens (including phenoxy) is 1. The molecular formula is C25H32N2O3S. The lowest BCUT2D eigenvalue weighted by atomic mass is 9.79. The van der Waals surface area contributed by atoms with E-state index in [-0.39, 0.29) is 24.0 Å². The number of thiophene rings is 1. The monoisotopic (exact) mass is 440 g/mol. The zero-order valence-corrected chi connectivity index (χ0v) is 19.2. The third-order valence-electron chi connectivity index (χ3n) is 6.37. The molecule has 2 aromatic rings. The number of hydrogen-bond acceptors (Lipinski definition) is 4. The zero-order chi connectivity index (χ0) is 21.8. The Labute approximate surface area is 188 Å². The summed E-state index contributed by atoms with van der Waals surface area (Å²) in [5, 5.41) is 7.33. The molecule has 3 heterocycles. The molecule has 1 aromatic heterocycles. The number of hydrogen-bond donors (Lipinski definition) is 1. The van der Waals surface area contributed by atoms with Crippen LogP contribution in [0.1, 0.15) is 45.1 Å². The normalized spacial score (nSPS) is 23.8. The van der Waals surface area contributed by atoms with E-state index in [1.165, 1.54) is 11.1 Å². The minimum Gasteiger partial charge on any atom is -0.368 e. The van der Waals surface area contributed by atoms with E-state index in [2.05, 4.69) is 46.4 Å². The Kier molecular flexibility index (Phi) is 6.77. The molecule has 1 aromatic carbocycles. The van der Waals surface area contributed by atoms with Gasteiger partial charge in [-0.2, -0.15) is 11.3 Å². The van der Waals surface area contributed by atoms with Crippen molar-refractivity contribution in [2.75, 3.05) is 19.7 Å². The van der Waals surface area contributed by atoms with E-state index < -0.39 is 5.41 Å². The summed E-state index contributed by atoms with van der Waals surface area (Å²) >= 11 is 1.69. The van der Waals surface area contributed by atoms with E-state index >= 15 is 0 Å². The maximum absolute atomic E-state index is 13.3. The number of carbonyl (C=O) groups excluding carboxylic acids is 2. The van der Waals surface area contributed by atoms with Crippen LogP contribution in [-0.4, -0.2) is 48.6 Å². The van der Waals surface area contributed by atoms with Gasteiger partial charge in [-0.05, 0) is 79.5 Å². The van der Waals surface area contributed by atoms with Crippen molar-refractivity contribution in [3.63, 3.8) is 0 Å². The largest absolute Gasteiger partial charge is 0.368 e. The van der Waals surface area contributed by atoms with Gasteiger partial charge in [-0.1, -0.05) is 24.3 Å². The molecule has 0 aliphatic carbocycles. The van der Waals surface area contributed by atoms with E-state index in [0.717, 1.165) is 24.8 Å². The molecule has 0 unspecified atom stereocenters. The van der Waals surface area contributed by atoms with Crippen LogP contribution in [0.4, 0.5) is 0 Å². The van der Waals surface area contributed by atoms with Crippen LogP contribution < -0.4 is 5.32 Å². The molecule has 2 amide bonds. The van der Waals surface area contributed by atoms with Crippen molar-refractivity contribution in [3.05, 3.63) is 46.7 Å². The highest BCUT2D eigenvalue weighted by Gasteiger charge is 2.47. The summed E-state index contributed by atoms with van der Waals surface area (Å²) in [5.74, 6) is 0.0935. The van der Waals surface area contributed by atoms with E-state index in [4.69, 9.17) is 4.74 Å². The first-order valence-electron chi connectivity index (χ1n) is 11.3. The maximum atomic E-state index is 13.3. The zero-order valence-electron chi connectivity index (χ0n) is 18.4. The van der Waals surface area contributed by atoms with Crippen molar-refractivity contribution in [2.45, 2.75) is 58.1 Å². The lowest BCUT2D eigenvalue weighted by Gasteiger charge is -2.31. The van der Waals surface area contributed by atoms with Gasteiger partial charge in [0.1, 0.15) is 6.10 Å². The van der Waals surface area contributed by atoms with Crippen LogP contribution in [0.5, 0.6) is 0 Å². The number of nitrogens with one attached hydrogen (secondary N) is 1. The first-order valence-corrected chi connectivity index (χ1v) is 12.2. The average molecular weight is 441 g/mol. The molecule has 6 heteroatoms. The summed E-state index contributed by atoms with van der Waals surface area (Å²) in [6.45, 7) is 5.68. The van der Waals surface area contributed by atoms with Crippen molar-refractivity contribution in [2.24, 2.45) is 5.41 Å². The van der Waals surface area contributed by atoms with Crippen LogP contribution >= 0.6 is 11.3 Å². The first kappa shape index (κ1) is 22.0. The lowest BCUT2D eigenvalue weighted by Crippen LogP contribution is -2.48. The van der Waals surface area contributed by atoms with Crippen LogP contribution in [-0.2, 0) is 20.7 Å². The molecule has 31 heavy (non-hydrogen) atoms. The average Bonchev–Trinajstić information content (AvgIpc) is 3.45. The molecule has 0 saturated carbocycles. The van der Waals surface area contributed by atoms with Crippen LogP contribution in [0.3, 0.4) is 0 Å². The fourth-order valence-corrected chi connectivity index (χ4v) is 5.32. The van der Waals surface area contributed by atoms with Crippen molar-refractivity contribution >= 4 is 23.2 Å². The third kappa shape index (κ3) is 5.01. The van der Waals surface area contributed by atoms with E-state index in [1.54, 1.807) is 11.3 Å². The predicted molar refractivity (Wildman–Crippen MR) is 124 cm³/mol. The van der Waals surface area contributed by atoms with Gasteiger partial charge < -0.3 is 15.0 Å². The molecule has 2 atom stereocenters. The summed E-state index contributed by atoms with van der Waals surface area (Å²) in [5.41, 5.74) is 2.93. The second-order valence-electron chi connectivity index (χ2n) is 9.16. The minimum atomic E-state index is -0.599. The van der Waals surface area contributed by atoms with E-state index in [1.807, 2.05) is 18.7 Å². The Morgan fingerprint density at radius 1 is 1.19 bits per heavy atom. The number of nitrogens with zero attached hydrogens (tertiary/aromatic N) is 1. The highest BCUT2D eigenvalue weighted by Crippen LogP contribution is 2.36. The molecule has 2 aliphatic rings. The van der Waals surface area contributed by atoms with Gasteiger partial charge in [0, 0.05) is 25.7 Å². The van der Waals surface area contributed by atoms with Gasteiger partial charge >= 0.3 is 0 Å². The van der Waals surface area contributed by atoms with Crippen LogP contribution in [0.2, 0.25) is 0 Å². The van der Waals surface area contributed by atoms with Gasteiger partial charge in [0.05, 0.1) is 5.41 Å². The molecule has 5 nitrogen and oxygen atoms in total. The molecule has 1 N–H and O–H groups in total. The van der Waals surface area contributed by atoms with Gasteiger partial charge in [0.15, 0.2) is 0 Å². The highest BCUT2D eigenvalue weighted by molar-refractivity contribution is 7.08. The fraction of sp³-hybridized carbons (Fsp3) is 0.520. The number of likely N-dealkylation sites (tertiary alicyclic amines) is 1. The lowest BCUT2D eigenvalue weighted by molar-refractivity contribution is -0.146. The summed E-state index contributed by atoms with van der Waals surface area (Å²) in [6, 6.07) is 10.7. The number of carbonyl (C=O) groups is 2. The summed E-state index contributed by atoms with van der Waals surface area (Å²) in [6.07, 6.45) is 3.79. The molecule has 2 aliphatic heterocycles. The van der Waals surface area contributed by atoms with Crippen LogP contribution in [0.25, 0.3) is 11.1 Å². The Hall–Kier alpha value is -2.18. The van der Waals surface area contributed by atoms with Crippen molar-refractivity contribution in [3.8, 4) is 11.1 Å². The molecule has 0 bridgehead atoms. The molecule has 2 saturated heterocycles. The van der Waals surface area contributed by atoms with Gasteiger partial charge in [-0.25, -0.2) is 0 Å². The second kappa shape index (κ2) is 9.53. The molecule has 2 fully saturated rings. The number of rotatable bonds is 6. The van der Waals surface area contributed by atoms with Crippen molar-refractivity contribution in [1.82, 2.24) is 10.2 Å². The van der Waals surface area contributed by atoms with Crippen LogP contribution in [0.15, 0.2) is 41.1 Å². The Bertz CT molecular complexity index is 888. The van der Waals surface area contributed by atoms with Gasteiger partial charge in [0.2, 0.25) is 5.91 Å². The molecule has 0 radical (unpaired) electrons. The second-order valence-corrected chi connectivity index (χ2v) is 9.94. The molecule has 4 rings (SSSR count). The van der Waals surface area contributed by atoms with Crippen molar-refractivity contribution in [1.29, 1.82) is 0 Å². The first-order chi connectivity index (χ1) is 15.0. The smallest absolute Gasteiger partial charge is 0.251 e. The Morgan fingerprint density at radius 2 is 2.00 bits per heavy atom. The Balaban J connectivity index is 1.51. The summed E-state index contributed by atoms with van der Waals surface area (Å²) in [7, 11) is 0. The summed E-state index contributed by atoms with van der Waals surface area (Å²) < 4.78 is 5.72. The number of benzene rings is 1. The van der Waals surface area contributed by atoms with Gasteiger partial charge in [0.25, 0.3) is 5.91 Å². The number of amides is 2. The van der Waals surface area contributed by atoms with Crippen molar-refractivity contribution < 1.29 is 14.3 Å². The standard InChI is InChI=1S/C25H32N2O3S/c1-18(2)26-24(29)25(11-12-27(17-25)23(28)22-5-3-4-13-30-22)15-19-6-8-20(9-7-19)21-10-14-31-16-21/h6-10,14,16,18,22H,3-5,11-13,15,17H2,1-2H3,(H,26,29)/t22-,25-/m1/s1. The molecular weight excluding hydrogens is 408 g/mol. The third-order valence-corrected chi connectivity index (χ3v) is 7.06. The quantitative estimate of drug-likeness (QED) is 0.730. The van der Waals surface area contributed by atoms with Gasteiger partial charge in [-0.15, -0.1) is 0 Å². The van der Waals surface area contributed by atoms with Crippen LogP contribution in [0, 0.1) is 5.41 Å². The summed E-state index contributed by atoms with van der Waals surface area (Å²) in [4.78, 5) is 28.2. The molecule has 0 spiro atoms. The Morgan fingerprint density at radius 3 is 2.65 bits per heavy atom. The fourth-order valence-electron chi connectivity index (χ4n) is 4.66. The molecule has 166 valence electrons. The topological polar surface area (TPSA) is 58.6 Å². The maximum Gasteiger partial charge on any atom is 0.251 e. The van der Waals surface area contributed by atoms with Gasteiger partial charge in [-0.3, -0.25) is 9.59 Å².